The predicted molar refractivity (Wildman–Crippen MR) is 122 cm³/mol. The molecule has 0 radical (unpaired) electrons. The first-order valence-electron chi connectivity index (χ1n) is 11.3. The molecule has 1 aliphatic carbocycles. The molecule has 3 amide bonds. The Bertz CT molecular complexity index is 646. The Balaban J connectivity index is 0.00000155. The van der Waals surface area contributed by atoms with Crippen LogP contribution in [0.1, 0.15) is 79.6 Å². The first-order chi connectivity index (χ1) is 14.3. The number of likely N-dealkylation sites (tertiary alicyclic amines) is 1. The van der Waals surface area contributed by atoms with Crippen molar-refractivity contribution in [2.24, 2.45) is 0 Å². The molecule has 170 valence electrons. The number of carbonyl (C=O) groups excluding carboxylic acids is 2. The molecule has 1 aromatic rings. The maximum atomic E-state index is 13.1. The van der Waals surface area contributed by atoms with Gasteiger partial charge < -0.3 is 14.5 Å². The minimum atomic E-state index is -0.490. The SMILES string of the molecule is CC.CC(C)(C)OC(=O)N1CCC(N(C(=O)Nc2nccs2)C2CCCCC2)CC1. The zero-order valence-electron chi connectivity index (χ0n) is 19.1. The van der Waals surface area contributed by atoms with Gasteiger partial charge in [0.1, 0.15) is 5.60 Å². The van der Waals surface area contributed by atoms with Gasteiger partial charge in [0.25, 0.3) is 0 Å². The van der Waals surface area contributed by atoms with Crippen molar-refractivity contribution in [1.82, 2.24) is 14.8 Å². The number of nitrogens with one attached hydrogen (secondary N) is 1. The van der Waals surface area contributed by atoms with Crippen LogP contribution in [-0.2, 0) is 4.74 Å². The van der Waals surface area contributed by atoms with Crippen LogP contribution in [0.15, 0.2) is 11.6 Å². The average Bonchev–Trinajstić information content (AvgIpc) is 3.23. The molecule has 2 fully saturated rings. The molecule has 7 nitrogen and oxygen atoms in total. The molecule has 30 heavy (non-hydrogen) atoms. The van der Waals surface area contributed by atoms with Gasteiger partial charge in [0.05, 0.1) is 0 Å². The fourth-order valence-electron chi connectivity index (χ4n) is 4.08. The van der Waals surface area contributed by atoms with E-state index in [1.54, 1.807) is 11.1 Å². The number of urea groups is 1. The molecule has 1 N–H and O–H groups in total. The Labute approximate surface area is 185 Å². The topological polar surface area (TPSA) is 74.8 Å². The molecule has 1 saturated heterocycles. The van der Waals surface area contributed by atoms with Crippen LogP contribution in [0, 0.1) is 0 Å². The van der Waals surface area contributed by atoms with Gasteiger partial charge in [0, 0.05) is 36.8 Å². The Kier molecular flexibility index (Phi) is 9.39. The summed E-state index contributed by atoms with van der Waals surface area (Å²) in [5.41, 5.74) is -0.490. The van der Waals surface area contributed by atoms with E-state index in [0.29, 0.717) is 18.2 Å². The van der Waals surface area contributed by atoms with Gasteiger partial charge >= 0.3 is 12.1 Å². The Morgan fingerprint density at radius 3 is 2.23 bits per heavy atom. The monoisotopic (exact) mass is 438 g/mol. The van der Waals surface area contributed by atoms with E-state index < -0.39 is 5.60 Å². The lowest BCUT2D eigenvalue weighted by Crippen LogP contribution is -2.54. The molecular formula is C22H38N4O3S. The number of aromatic nitrogens is 1. The van der Waals surface area contributed by atoms with Crippen LogP contribution in [-0.4, -0.2) is 57.7 Å². The lowest BCUT2D eigenvalue weighted by molar-refractivity contribution is 0.0141. The van der Waals surface area contributed by atoms with Crippen LogP contribution in [0.2, 0.25) is 0 Å². The number of hydrogen-bond donors (Lipinski definition) is 1. The third-order valence-corrected chi connectivity index (χ3v) is 6.05. The van der Waals surface area contributed by atoms with Crippen molar-refractivity contribution in [3.8, 4) is 0 Å². The molecule has 8 heteroatoms. The van der Waals surface area contributed by atoms with E-state index in [-0.39, 0.29) is 24.2 Å². The van der Waals surface area contributed by atoms with Gasteiger partial charge in [-0.15, -0.1) is 11.3 Å². The number of ether oxygens (including phenoxy) is 1. The van der Waals surface area contributed by atoms with Crippen molar-refractivity contribution in [2.45, 2.75) is 97.2 Å². The highest BCUT2D eigenvalue weighted by Gasteiger charge is 2.35. The molecule has 0 spiro atoms. The minimum absolute atomic E-state index is 0.0578. The third-order valence-electron chi connectivity index (χ3n) is 5.36. The normalized spacial score (nSPS) is 18.2. The first kappa shape index (κ1) is 24.4. The number of anilines is 1. The van der Waals surface area contributed by atoms with E-state index in [1.165, 1.54) is 30.6 Å². The maximum absolute atomic E-state index is 13.1. The highest BCUT2D eigenvalue weighted by Crippen LogP contribution is 2.29. The Hall–Kier alpha value is -1.83. The van der Waals surface area contributed by atoms with E-state index in [9.17, 15) is 9.59 Å². The van der Waals surface area contributed by atoms with Crippen molar-refractivity contribution in [3.63, 3.8) is 0 Å². The van der Waals surface area contributed by atoms with Crippen molar-refractivity contribution in [3.05, 3.63) is 11.6 Å². The molecule has 1 aromatic heterocycles. The summed E-state index contributed by atoms with van der Waals surface area (Å²) in [4.78, 5) is 33.4. The van der Waals surface area contributed by atoms with Crippen LogP contribution in [0.4, 0.5) is 14.7 Å². The number of nitrogens with zero attached hydrogens (tertiary/aromatic N) is 3. The second-order valence-corrected chi connectivity index (χ2v) is 9.56. The van der Waals surface area contributed by atoms with E-state index in [4.69, 9.17) is 4.74 Å². The van der Waals surface area contributed by atoms with E-state index in [1.807, 2.05) is 44.9 Å². The fourth-order valence-corrected chi connectivity index (χ4v) is 4.60. The largest absolute Gasteiger partial charge is 0.444 e. The second kappa shape index (κ2) is 11.5. The lowest BCUT2D eigenvalue weighted by Gasteiger charge is -2.43. The summed E-state index contributed by atoms with van der Waals surface area (Å²) in [5, 5.41) is 5.47. The molecule has 0 unspecified atom stereocenters. The average molecular weight is 439 g/mol. The minimum Gasteiger partial charge on any atom is -0.444 e. The van der Waals surface area contributed by atoms with Gasteiger partial charge in [-0.1, -0.05) is 33.1 Å². The van der Waals surface area contributed by atoms with Crippen LogP contribution in [0.5, 0.6) is 0 Å². The van der Waals surface area contributed by atoms with Gasteiger partial charge in [0.2, 0.25) is 0 Å². The Morgan fingerprint density at radius 1 is 1.10 bits per heavy atom. The summed E-state index contributed by atoms with van der Waals surface area (Å²) in [5.74, 6) is 0. The molecule has 1 saturated carbocycles. The highest BCUT2D eigenvalue weighted by atomic mass is 32.1. The number of thiazole rings is 1. The third kappa shape index (κ3) is 7.15. The van der Waals surface area contributed by atoms with Crippen LogP contribution < -0.4 is 5.32 Å². The quantitative estimate of drug-likeness (QED) is 0.653. The zero-order valence-corrected chi connectivity index (χ0v) is 20.0. The van der Waals surface area contributed by atoms with Crippen molar-refractivity contribution < 1.29 is 14.3 Å². The fraction of sp³-hybridized carbons (Fsp3) is 0.773. The molecule has 0 atom stereocenters. The van der Waals surface area contributed by atoms with Crippen molar-refractivity contribution >= 4 is 28.6 Å². The van der Waals surface area contributed by atoms with Gasteiger partial charge in [-0.2, -0.15) is 0 Å². The van der Waals surface area contributed by atoms with Crippen LogP contribution in [0.3, 0.4) is 0 Å². The molecule has 0 bridgehead atoms. The van der Waals surface area contributed by atoms with Gasteiger partial charge in [-0.25, -0.2) is 14.6 Å². The molecule has 2 heterocycles. The van der Waals surface area contributed by atoms with E-state index in [0.717, 1.165) is 25.7 Å². The summed E-state index contributed by atoms with van der Waals surface area (Å²) in [6, 6.07) is 0.353. The second-order valence-electron chi connectivity index (χ2n) is 8.67. The summed E-state index contributed by atoms with van der Waals surface area (Å²) in [6.07, 6.45) is 8.68. The Morgan fingerprint density at radius 2 is 1.70 bits per heavy atom. The molecular weight excluding hydrogens is 400 g/mol. The van der Waals surface area contributed by atoms with Crippen LogP contribution in [0.25, 0.3) is 0 Å². The van der Waals surface area contributed by atoms with Crippen LogP contribution >= 0.6 is 11.3 Å². The predicted octanol–water partition coefficient (Wildman–Crippen LogP) is 5.74. The summed E-state index contributed by atoms with van der Waals surface area (Å²) >= 11 is 1.43. The molecule has 2 aliphatic rings. The number of rotatable bonds is 3. The highest BCUT2D eigenvalue weighted by molar-refractivity contribution is 7.13. The molecule has 1 aliphatic heterocycles. The van der Waals surface area contributed by atoms with Gasteiger partial charge in [-0.05, 0) is 46.5 Å². The van der Waals surface area contributed by atoms with Crippen molar-refractivity contribution in [2.75, 3.05) is 18.4 Å². The van der Waals surface area contributed by atoms with Gasteiger partial charge in [-0.3, -0.25) is 5.32 Å². The first-order valence-corrected chi connectivity index (χ1v) is 12.2. The smallest absolute Gasteiger partial charge is 0.410 e. The van der Waals surface area contributed by atoms with Gasteiger partial charge in [0.15, 0.2) is 5.13 Å². The lowest BCUT2D eigenvalue weighted by atomic mass is 9.91. The maximum Gasteiger partial charge on any atom is 0.410 e. The molecule has 3 rings (SSSR count). The summed E-state index contributed by atoms with van der Waals surface area (Å²) in [7, 11) is 0. The number of amides is 3. The van der Waals surface area contributed by atoms with Crippen molar-refractivity contribution in [1.29, 1.82) is 0 Å². The molecule has 0 aromatic carbocycles. The number of hydrogen-bond acceptors (Lipinski definition) is 5. The standard InChI is InChI=1S/C20H32N4O3S.C2H6/c1-20(2,3)27-19(26)23-12-9-16(10-13-23)24(15-7-5-4-6-8-15)18(25)22-17-21-11-14-28-17;1-2/h11,14-16H,4-10,12-13H2,1-3H3,(H,21,22,25);1-2H3. The van der Waals surface area contributed by atoms with E-state index >= 15 is 0 Å². The zero-order chi connectivity index (χ0) is 22.1. The number of carbonyl (C=O) groups is 2. The van der Waals surface area contributed by atoms with E-state index in [2.05, 4.69) is 10.3 Å². The number of piperidine rings is 1. The summed E-state index contributed by atoms with van der Waals surface area (Å²) < 4.78 is 5.49. The summed E-state index contributed by atoms with van der Waals surface area (Å²) in [6.45, 7) is 10.9.